The van der Waals surface area contributed by atoms with Crippen LogP contribution in [-0.4, -0.2) is 20.3 Å². The summed E-state index contributed by atoms with van der Waals surface area (Å²) in [6, 6.07) is 2.14. The number of carbonyl (C=O) groups excluding carboxylic acids is 1. The van der Waals surface area contributed by atoms with E-state index in [0.29, 0.717) is 23.8 Å². The number of halogens is 1. The predicted octanol–water partition coefficient (Wildman–Crippen LogP) is 2.77. The smallest absolute Gasteiger partial charge is 0.145 e. The number of aromatic nitrogens is 3. The summed E-state index contributed by atoms with van der Waals surface area (Å²) in [4.78, 5) is 19.7. The Hall–Kier alpha value is -1.42. The van der Waals surface area contributed by atoms with Gasteiger partial charge in [-0.3, -0.25) is 4.79 Å². The minimum atomic E-state index is 0.222. The molecule has 0 aromatic carbocycles. The molecule has 2 heterocycles. The predicted molar refractivity (Wildman–Crippen MR) is 65.1 cm³/mol. The van der Waals surface area contributed by atoms with Crippen molar-refractivity contribution >= 4 is 28.4 Å². The van der Waals surface area contributed by atoms with Crippen LogP contribution >= 0.6 is 11.6 Å². The van der Waals surface area contributed by atoms with Gasteiger partial charge in [0, 0.05) is 25.1 Å². The van der Waals surface area contributed by atoms with Gasteiger partial charge in [-0.1, -0.05) is 11.6 Å². The van der Waals surface area contributed by atoms with Crippen LogP contribution in [0.25, 0.3) is 11.0 Å². The second-order valence-electron chi connectivity index (χ2n) is 4.41. The summed E-state index contributed by atoms with van der Waals surface area (Å²) in [6.07, 6.45) is 6.72. The summed E-state index contributed by atoms with van der Waals surface area (Å²) in [5.74, 6) is 0.336. The van der Waals surface area contributed by atoms with Crippen molar-refractivity contribution in [3.05, 3.63) is 23.7 Å². The molecule has 2 aromatic rings. The van der Waals surface area contributed by atoms with Gasteiger partial charge in [0.25, 0.3) is 0 Å². The Morgan fingerprint density at radius 3 is 3.12 bits per heavy atom. The van der Waals surface area contributed by atoms with Gasteiger partial charge in [-0.2, -0.15) is 0 Å². The van der Waals surface area contributed by atoms with Crippen LogP contribution in [0.5, 0.6) is 0 Å². The number of nitrogens with zero attached hydrogens (tertiary/aromatic N) is 3. The largest absolute Gasteiger partial charge is 0.329 e. The first kappa shape index (κ1) is 10.7. The fourth-order valence-electron chi connectivity index (χ4n) is 2.47. The van der Waals surface area contributed by atoms with E-state index in [0.717, 1.165) is 23.9 Å². The van der Waals surface area contributed by atoms with Gasteiger partial charge in [-0.25, -0.2) is 9.97 Å². The third-order valence-electron chi connectivity index (χ3n) is 3.31. The molecule has 4 nitrogen and oxygen atoms in total. The maximum atomic E-state index is 11.5. The third kappa shape index (κ3) is 1.82. The summed E-state index contributed by atoms with van der Waals surface area (Å²) in [5, 5.41) is 1.32. The molecule has 0 radical (unpaired) electrons. The van der Waals surface area contributed by atoms with Gasteiger partial charge in [-0.15, -0.1) is 0 Å². The second kappa shape index (κ2) is 4.11. The lowest BCUT2D eigenvalue weighted by atomic mass is 9.94. The monoisotopic (exact) mass is 249 g/mol. The SMILES string of the molecule is O=C1CCCC(n2ccc3c(Cl)ncnc32)C1. The molecule has 2 aromatic heterocycles. The van der Waals surface area contributed by atoms with Gasteiger partial charge in [0.1, 0.15) is 22.9 Å². The van der Waals surface area contributed by atoms with Gasteiger partial charge in [0.15, 0.2) is 0 Å². The van der Waals surface area contributed by atoms with Gasteiger partial charge >= 0.3 is 0 Å². The summed E-state index contributed by atoms with van der Waals surface area (Å²) in [7, 11) is 0. The number of rotatable bonds is 1. The zero-order chi connectivity index (χ0) is 11.8. The van der Waals surface area contributed by atoms with E-state index in [1.807, 2.05) is 12.3 Å². The molecule has 0 aliphatic heterocycles. The number of fused-ring (bicyclic) bond motifs is 1. The van der Waals surface area contributed by atoms with Crippen molar-refractivity contribution < 1.29 is 4.79 Å². The van der Waals surface area contributed by atoms with Crippen LogP contribution < -0.4 is 0 Å². The molecule has 0 saturated heterocycles. The van der Waals surface area contributed by atoms with E-state index in [1.54, 1.807) is 0 Å². The van der Waals surface area contributed by atoms with Crippen molar-refractivity contribution in [2.75, 3.05) is 0 Å². The molecule has 1 fully saturated rings. The average molecular weight is 250 g/mol. The Kier molecular flexibility index (Phi) is 2.59. The molecule has 1 saturated carbocycles. The van der Waals surface area contributed by atoms with Crippen LogP contribution in [0, 0.1) is 0 Å². The first-order chi connectivity index (χ1) is 8.25. The van der Waals surface area contributed by atoms with Gasteiger partial charge in [0.05, 0.1) is 5.39 Å². The summed E-state index contributed by atoms with van der Waals surface area (Å²) in [5.41, 5.74) is 0.824. The lowest BCUT2D eigenvalue weighted by Gasteiger charge is -2.22. The van der Waals surface area contributed by atoms with E-state index in [-0.39, 0.29) is 6.04 Å². The number of hydrogen-bond donors (Lipinski definition) is 0. The molecule has 0 amide bonds. The van der Waals surface area contributed by atoms with Crippen molar-refractivity contribution in [1.29, 1.82) is 0 Å². The average Bonchev–Trinajstić information content (AvgIpc) is 2.74. The highest BCUT2D eigenvalue weighted by Gasteiger charge is 2.22. The van der Waals surface area contributed by atoms with Crippen molar-refractivity contribution in [1.82, 2.24) is 14.5 Å². The quantitative estimate of drug-likeness (QED) is 0.730. The van der Waals surface area contributed by atoms with Crippen molar-refractivity contribution in [3.63, 3.8) is 0 Å². The number of Topliss-reactive ketones (excluding diaryl/α,β-unsaturated/α-hetero) is 1. The molecule has 17 heavy (non-hydrogen) atoms. The zero-order valence-electron chi connectivity index (χ0n) is 9.27. The molecular weight excluding hydrogens is 238 g/mol. The van der Waals surface area contributed by atoms with Crippen LogP contribution in [0.1, 0.15) is 31.7 Å². The fourth-order valence-corrected chi connectivity index (χ4v) is 2.67. The topological polar surface area (TPSA) is 47.8 Å². The Morgan fingerprint density at radius 2 is 2.29 bits per heavy atom. The highest BCUT2D eigenvalue weighted by atomic mass is 35.5. The molecule has 1 aliphatic carbocycles. The van der Waals surface area contributed by atoms with Gasteiger partial charge in [0.2, 0.25) is 0 Å². The Labute approximate surface area is 104 Å². The van der Waals surface area contributed by atoms with E-state index >= 15 is 0 Å². The number of ketones is 1. The van der Waals surface area contributed by atoms with Crippen molar-refractivity contribution in [2.24, 2.45) is 0 Å². The molecule has 0 N–H and O–H groups in total. The summed E-state index contributed by atoms with van der Waals surface area (Å²) >= 11 is 6.01. The highest BCUT2D eigenvalue weighted by Crippen LogP contribution is 2.30. The van der Waals surface area contributed by atoms with Crippen molar-refractivity contribution in [2.45, 2.75) is 31.7 Å². The van der Waals surface area contributed by atoms with E-state index in [2.05, 4.69) is 14.5 Å². The maximum absolute atomic E-state index is 11.5. The molecule has 1 atom stereocenters. The Morgan fingerprint density at radius 1 is 1.41 bits per heavy atom. The molecule has 3 rings (SSSR count). The van der Waals surface area contributed by atoms with Gasteiger partial charge in [-0.05, 0) is 18.9 Å². The standard InChI is InChI=1S/C12H12ClN3O/c13-11-10-4-5-16(12(10)15-7-14-11)8-2-1-3-9(17)6-8/h4-5,7-8H,1-3,6H2. The normalized spacial score (nSPS) is 21.0. The van der Waals surface area contributed by atoms with Crippen LogP contribution in [-0.2, 0) is 4.79 Å². The molecular formula is C12H12ClN3O. The van der Waals surface area contributed by atoms with E-state index in [1.165, 1.54) is 6.33 Å². The molecule has 0 bridgehead atoms. The lowest BCUT2D eigenvalue weighted by Crippen LogP contribution is -2.18. The van der Waals surface area contributed by atoms with Gasteiger partial charge < -0.3 is 4.57 Å². The van der Waals surface area contributed by atoms with E-state index in [4.69, 9.17) is 11.6 Å². The molecule has 88 valence electrons. The van der Waals surface area contributed by atoms with Crippen LogP contribution in [0.4, 0.5) is 0 Å². The second-order valence-corrected chi connectivity index (χ2v) is 4.77. The minimum Gasteiger partial charge on any atom is -0.329 e. The zero-order valence-corrected chi connectivity index (χ0v) is 10.0. The maximum Gasteiger partial charge on any atom is 0.145 e. The van der Waals surface area contributed by atoms with E-state index < -0.39 is 0 Å². The third-order valence-corrected chi connectivity index (χ3v) is 3.61. The molecule has 5 heteroatoms. The minimum absolute atomic E-state index is 0.222. The first-order valence-corrected chi connectivity index (χ1v) is 6.12. The molecule has 1 unspecified atom stereocenters. The summed E-state index contributed by atoms with van der Waals surface area (Å²) < 4.78 is 2.06. The van der Waals surface area contributed by atoms with E-state index in [9.17, 15) is 4.79 Å². The summed E-state index contributed by atoms with van der Waals surface area (Å²) in [6.45, 7) is 0. The number of hydrogen-bond acceptors (Lipinski definition) is 3. The lowest BCUT2D eigenvalue weighted by molar-refractivity contribution is -0.121. The highest BCUT2D eigenvalue weighted by molar-refractivity contribution is 6.33. The number of carbonyl (C=O) groups is 1. The first-order valence-electron chi connectivity index (χ1n) is 5.74. The Bertz CT molecular complexity index is 578. The molecule has 1 aliphatic rings. The van der Waals surface area contributed by atoms with Crippen LogP contribution in [0.3, 0.4) is 0 Å². The Balaban J connectivity index is 2.05. The molecule has 0 spiro atoms. The van der Waals surface area contributed by atoms with Crippen LogP contribution in [0.15, 0.2) is 18.6 Å². The fraction of sp³-hybridized carbons (Fsp3) is 0.417. The van der Waals surface area contributed by atoms with Crippen molar-refractivity contribution in [3.8, 4) is 0 Å². The van der Waals surface area contributed by atoms with Crippen LogP contribution in [0.2, 0.25) is 5.15 Å².